The van der Waals surface area contributed by atoms with Crippen LogP contribution in [0.4, 0.5) is 5.69 Å². The van der Waals surface area contributed by atoms with Crippen molar-refractivity contribution in [1.82, 2.24) is 0 Å². The summed E-state index contributed by atoms with van der Waals surface area (Å²) in [7, 11) is 1.51. The van der Waals surface area contributed by atoms with E-state index in [9.17, 15) is 10.1 Å². The molecule has 0 spiro atoms. The summed E-state index contributed by atoms with van der Waals surface area (Å²) < 4.78 is 11.2. The molecule has 162 valence electrons. The van der Waals surface area contributed by atoms with Gasteiger partial charge in [-0.25, -0.2) is 0 Å². The molecule has 1 N–H and O–H groups in total. The van der Waals surface area contributed by atoms with E-state index in [4.69, 9.17) is 44.3 Å². The van der Waals surface area contributed by atoms with Gasteiger partial charge in [0.15, 0.2) is 11.5 Å². The summed E-state index contributed by atoms with van der Waals surface area (Å²) in [6.45, 7) is 0.328. The third-order valence-electron chi connectivity index (χ3n) is 4.35. The van der Waals surface area contributed by atoms with Crippen LogP contribution in [0.3, 0.4) is 0 Å². The summed E-state index contributed by atoms with van der Waals surface area (Å²) in [6.07, 6.45) is 1.44. The average Bonchev–Trinajstić information content (AvgIpc) is 2.79. The molecule has 3 aromatic rings. The predicted octanol–water partition coefficient (Wildman–Crippen LogP) is 6.78. The zero-order valence-corrected chi connectivity index (χ0v) is 19.1. The summed E-state index contributed by atoms with van der Waals surface area (Å²) in [5, 5.41) is 13.4. The Morgan fingerprint density at radius 2 is 1.72 bits per heavy atom. The molecule has 3 aromatic carbocycles. The highest BCUT2D eigenvalue weighted by Crippen LogP contribution is 2.30. The van der Waals surface area contributed by atoms with E-state index in [0.29, 0.717) is 44.4 Å². The normalized spacial score (nSPS) is 10.9. The second-order valence-electron chi connectivity index (χ2n) is 6.57. The highest BCUT2D eigenvalue weighted by Gasteiger charge is 2.13. The molecule has 0 unspecified atom stereocenters. The molecule has 0 heterocycles. The van der Waals surface area contributed by atoms with Crippen LogP contribution in [0.25, 0.3) is 6.08 Å². The minimum Gasteiger partial charge on any atom is -0.493 e. The maximum absolute atomic E-state index is 12.5. The second kappa shape index (κ2) is 10.9. The molecule has 0 saturated carbocycles. The first-order valence-corrected chi connectivity index (χ1v) is 10.5. The maximum atomic E-state index is 12.5. The molecular weight excluding hydrogens is 471 g/mol. The Balaban J connectivity index is 1.76. The van der Waals surface area contributed by atoms with Gasteiger partial charge < -0.3 is 14.8 Å². The Kier molecular flexibility index (Phi) is 8.02. The van der Waals surface area contributed by atoms with Gasteiger partial charge in [-0.1, -0.05) is 53.0 Å². The van der Waals surface area contributed by atoms with Crippen LogP contribution in [0, 0.1) is 11.3 Å². The number of anilines is 1. The molecule has 0 atom stereocenters. The molecule has 32 heavy (non-hydrogen) atoms. The molecular formula is C24H17Cl3N2O3. The Morgan fingerprint density at radius 3 is 2.41 bits per heavy atom. The van der Waals surface area contributed by atoms with E-state index in [1.807, 2.05) is 18.2 Å². The van der Waals surface area contributed by atoms with Crippen LogP contribution >= 0.6 is 34.8 Å². The van der Waals surface area contributed by atoms with Crippen molar-refractivity contribution < 1.29 is 14.3 Å². The fourth-order valence-corrected chi connectivity index (χ4v) is 3.20. The van der Waals surface area contributed by atoms with E-state index in [1.165, 1.54) is 19.3 Å². The van der Waals surface area contributed by atoms with Gasteiger partial charge in [-0.3, -0.25) is 4.79 Å². The van der Waals surface area contributed by atoms with E-state index in [2.05, 4.69) is 5.32 Å². The smallest absolute Gasteiger partial charge is 0.266 e. The van der Waals surface area contributed by atoms with Crippen LogP contribution in [-0.4, -0.2) is 13.0 Å². The van der Waals surface area contributed by atoms with Crippen molar-refractivity contribution in [2.45, 2.75) is 6.61 Å². The quantitative estimate of drug-likeness (QED) is 0.294. The van der Waals surface area contributed by atoms with Gasteiger partial charge in [-0.05, 0) is 59.7 Å². The number of ether oxygens (including phenoxy) is 2. The first kappa shape index (κ1) is 23.5. The SMILES string of the molecule is COc1cc(/C=C(\C#N)C(=O)Nc2cc(Cl)ccc2Cl)ccc1OCc1ccc(Cl)cc1. The fraction of sp³-hybridized carbons (Fsp3) is 0.0833. The van der Waals surface area contributed by atoms with Gasteiger partial charge in [-0.2, -0.15) is 5.26 Å². The lowest BCUT2D eigenvalue weighted by Gasteiger charge is -2.12. The van der Waals surface area contributed by atoms with Crippen LogP contribution in [0.2, 0.25) is 15.1 Å². The molecule has 1 amide bonds. The van der Waals surface area contributed by atoms with Crippen molar-refractivity contribution in [3.63, 3.8) is 0 Å². The van der Waals surface area contributed by atoms with E-state index in [0.717, 1.165) is 5.56 Å². The number of hydrogen-bond donors (Lipinski definition) is 1. The molecule has 5 nitrogen and oxygen atoms in total. The van der Waals surface area contributed by atoms with Gasteiger partial charge in [0.25, 0.3) is 5.91 Å². The molecule has 8 heteroatoms. The van der Waals surface area contributed by atoms with Crippen molar-refractivity contribution in [1.29, 1.82) is 5.26 Å². The zero-order valence-electron chi connectivity index (χ0n) is 16.9. The van der Waals surface area contributed by atoms with E-state index < -0.39 is 5.91 Å². The number of carbonyl (C=O) groups excluding carboxylic acids is 1. The lowest BCUT2D eigenvalue weighted by atomic mass is 10.1. The fourth-order valence-electron chi connectivity index (χ4n) is 2.73. The van der Waals surface area contributed by atoms with Crippen LogP contribution in [-0.2, 0) is 11.4 Å². The Hall–Kier alpha value is -3.17. The highest BCUT2D eigenvalue weighted by molar-refractivity contribution is 6.36. The van der Waals surface area contributed by atoms with Gasteiger partial charge in [0.2, 0.25) is 0 Å². The van der Waals surface area contributed by atoms with Crippen molar-refractivity contribution in [2.75, 3.05) is 12.4 Å². The monoisotopic (exact) mass is 486 g/mol. The summed E-state index contributed by atoms with van der Waals surface area (Å²) >= 11 is 17.9. The van der Waals surface area contributed by atoms with Crippen molar-refractivity contribution in [3.05, 3.63) is 92.4 Å². The summed E-state index contributed by atoms with van der Waals surface area (Å²) in [5.74, 6) is 0.371. The van der Waals surface area contributed by atoms with Crippen LogP contribution in [0.1, 0.15) is 11.1 Å². The number of halogens is 3. The topological polar surface area (TPSA) is 71.3 Å². The van der Waals surface area contributed by atoms with Gasteiger partial charge in [0.1, 0.15) is 18.2 Å². The Morgan fingerprint density at radius 1 is 1.00 bits per heavy atom. The van der Waals surface area contributed by atoms with Crippen LogP contribution in [0.15, 0.2) is 66.2 Å². The van der Waals surface area contributed by atoms with Crippen molar-refractivity contribution in [3.8, 4) is 17.6 Å². The molecule has 0 fully saturated rings. The third kappa shape index (κ3) is 6.18. The predicted molar refractivity (Wildman–Crippen MR) is 127 cm³/mol. The van der Waals surface area contributed by atoms with Crippen molar-refractivity contribution >= 4 is 52.5 Å². The summed E-state index contributed by atoms with van der Waals surface area (Å²) in [5.41, 5.74) is 1.74. The van der Waals surface area contributed by atoms with Crippen LogP contribution in [0.5, 0.6) is 11.5 Å². The summed E-state index contributed by atoms with van der Waals surface area (Å²) in [4.78, 5) is 12.5. The standard InChI is InChI=1S/C24H17Cl3N2O3/c1-31-23-11-16(4-9-22(23)32-14-15-2-5-18(25)6-3-15)10-17(13-28)24(30)29-21-12-19(26)7-8-20(21)27/h2-12H,14H2,1H3,(H,29,30)/b17-10+. The number of carbonyl (C=O) groups is 1. The van der Waals surface area contributed by atoms with E-state index >= 15 is 0 Å². The molecule has 0 aliphatic rings. The lowest BCUT2D eigenvalue weighted by molar-refractivity contribution is -0.112. The first-order valence-electron chi connectivity index (χ1n) is 9.33. The number of benzene rings is 3. The van der Waals surface area contributed by atoms with Gasteiger partial charge in [0.05, 0.1) is 17.8 Å². The molecule has 0 aliphatic heterocycles. The first-order chi connectivity index (χ1) is 15.4. The van der Waals surface area contributed by atoms with Crippen LogP contribution < -0.4 is 14.8 Å². The average molecular weight is 488 g/mol. The summed E-state index contributed by atoms with van der Waals surface area (Å²) in [6, 6.07) is 19.0. The van der Waals surface area contributed by atoms with Crippen molar-refractivity contribution in [2.24, 2.45) is 0 Å². The maximum Gasteiger partial charge on any atom is 0.266 e. The minimum absolute atomic E-state index is 0.113. The third-order valence-corrected chi connectivity index (χ3v) is 5.16. The number of nitrogens with one attached hydrogen (secondary N) is 1. The van der Waals surface area contributed by atoms with Gasteiger partial charge >= 0.3 is 0 Å². The number of nitrogens with zero attached hydrogens (tertiary/aromatic N) is 1. The number of amides is 1. The molecule has 3 rings (SSSR count). The second-order valence-corrected chi connectivity index (χ2v) is 7.85. The molecule has 0 bridgehead atoms. The largest absolute Gasteiger partial charge is 0.493 e. The van der Waals surface area contributed by atoms with E-state index in [1.54, 1.807) is 42.5 Å². The molecule has 0 aromatic heterocycles. The minimum atomic E-state index is -0.612. The molecule has 0 saturated heterocycles. The molecule has 0 aliphatic carbocycles. The Bertz CT molecular complexity index is 1200. The number of rotatable bonds is 7. The van der Waals surface area contributed by atoms with Gasteiger partial charge in [0, 0.05) is 10.0 Å². The van der Waals surface area contributed by atoms with E-state index in [-0.39, 0.29) is 5.57 Å². The lowest BCUT2D eigenvalue weighted by Crippen LogP contribution is -2.13. The van der Waals surface area contributed by atoms with Gasteiger partial charge in [-0.15, -0.1) is 0 Å². The zero-order chi connectivity index (χ0) is 23.1. The highest BCUT2D eigenvalue weighted by atomic mass is 35.5. The molecule has 0 radical (unpaired) electrons. The number of nitriles is 1. The number of methoxy groups -OCH3 is 1. The number of hydrogen-bond acceptors (Lipinski definition) is 4. The Labute approximate surface area is 200 Å².